The van der Waals surface area contributed by atoms with Crippen LogP contribution in [0, 0.1) is 10.1 Å². The van der Waals surface area contributed by atoms with Gasteiger partial charge in [-0.15, -0.1) is 0 Å². The van der Waals surface area contributed by atoms with Gasteiger partial charge in [0.25, 0.3) is 0 Å². The van der Waals surface area contributed by atoms with Crippen molar-refractivity contribution in [2.75, 3.05) is 14.2 Å². The van der Waals surface area contributed by atoms with Gasteiger partial charge in [-0.2, -0.15) is 0 Å². The van der Waals surface area contributed by atoms with Gasteiger partial charge in [0.2, 0.25) is 5.75 Å². The van der Waals surface area contributed by atoms with Crippen molar-refractivity contribution in [3.63, 3.8) is 0 Å². The molecule has 3 aromatic rings. The van der Waals surface area contributed by atoms with Crippen molar-refractivity contribution in [1.82, 2.24) is 0 Å². The first-order valence-corrected chi connectivity index (χ1v) is 7.69. The molecular formula is C20H17NO4. The average molecular weight is 335 g/mol. The fraction of sp³-hybridized carbons (Fsp3) is 0.100. The highest BCUT2D eigenvalue weighted by Gasteiger charge is 2.20. The molecule has 126 valence electrons. The Labute approximate surface area is 145 Å². The van der Waals surface area contributed by atoms with E-state index in [0.717, 1.165) is 10.9 Å². The summed E-state index contributed by atoms with van der Waals surface area (Å²) in [4.78, 5) is 10.8. The third-order valence-electron chi connectivity index (χ3n) is 3.92. The highest BCUT2D eigenvalue weighted by Crippen LogP contribution is 2.38. The molecule has 0 saturated carbocycles. The Morgan fingerprint density at radius 3 is 2.28 bits per heavy atom. The molecule has 0 spiro atoms. The monoisotopic (exact) mass is 335 g/mol. The number of ether oxygens (including phenoxy) is 2. The molecular weight excluding hydrogens is 318 g/mol. The summed E-state index contributed by atoms with van der Waals surface area (Å²) in [6, 6.07) is 17.4. The quantitative estimate of drug-likeness (QED) is 0.376. The summed E-state index contributed by atoms with van der Waals surface area (Å²) in [5.41, 5.74) is 1.55. The molecule has 0 amide bonds. The van der Waals surface area contributed by atoms with E-state index in [1.807, 2.05) is 42.5 Å². The molecule has 5 heteroatoms. The van der Waals surface area contributed by atoms with Crippen molar-refractivity contribution in [1.29, 1.82) is 0 Å². The van der Waals surface area contributed by atoms with Gasteiger partial charge < -0.3 is 9.47 Å². The molecule has 25 heavy (non-hydrogen) atoms. The molecule has 0 aromatic heterocycles. The molecule has 3 aromatic carbocycles. The molecule has 0 bridgehead atoms. The minimum Gasteiger partial charge on any atom is -0.493 e. The molecule has 0 radical (unpaired) electrons. The molecule has 0 N–H and O–H groups in total. The standard InChI is InChI=1S/C20H17NO4/c1-24-19-13-15(12-18(21(22)23)20(19)25-2)8-7-14-9-10-16-5-3-4-6-17(16)11-14/h3-13H,1-2H3/b8-7+. The normalized spacial score (nSPS) is 11.0. The Morgan fingerprint density at radius 2 is 1.60 bits per heavy atom. The summed E-state index contributed by atoms with van der Waals surface area (Å²) in [6.45, 7) is 0. The molecule has 0 heterocycles. The SMILES string of the molecule is COc1cc(/C=C/c2ccc3ccccc3c2)cc([N+](=O)[O-])c1OC. The van der Waals surface area contributed by atoms with Crippen LogP contribution in [0.3, 0.4) is 0 Å². The zero-order chi connectivity index (χ0) is 17.8. The van der Waals surface area contributed by atoms with Gasteiger partial charge in [-0.1, -0.05) is 48.6 Å². The number of hydrogen-bond donors (Lipinski definition) is 0. The summed E-state index contributed by atoms with van der Waals surface area (Å²) in [6.07, 6.45) is 3.73. The number of fused-ring (bicyclic) bond motifs is 1. The fourth-order valence-corrected chi connectivity index (χ4v) is 2.70. The number of nitro benzene ring substituents is 1. The Bertz CT molecular complexity index is 963. The van der Waals surface area contributed by atoms with Crippen LogP contribution in [-0.4, -0.2) is 19.1 Å². The van der Waals surface area contributed by atoms with Crippen LogP contribution < -0.4 is 9.47 Å². The van der Waals surface area contributed by atoms with Gasteiger partial charge in [-0.25, -0.2) is 0 Å². The van der Waals surface area contributed by atoms with Gasteiger partial charge in [-0.3, -0.25) is 10.1 Å². The molecule has 3 rings (SSSR count). The number of nitro groups is 1. The lowest BCUT2D eigenvalue weighted by molar-refractivity contribution is -0.385. The minimum absolute atomic E-state index is 0.121. The maximum absolute atomic E-state index is 11.3. The van der Waals surface area contributed by atoms with Crippen molar-refractivity contribution in [3.8, 4) is 11.5 Å². The Morgan fingerprint density at radius 1 is 0.880 bits per heavy atom. The highest BCUT2D eigenvalue weighted by molar-refractivity contribution is 5.86. The summed E-state index contributed by atoms with van der Waals surface area (Å²) in [7, 11) is 2.84. The van der Waals surface area contributed by atoms with Crippen molar-refractivity contribution in [3.05, 3.63) is 75.8 Å². The van der Waals surface area contributed by atoms with Crippen molar-refractivity contribution < 1.29 is 14.4 Å². The minimum atomic E-state index is -0.477. The lowest BCUT2D eigenvalue weighted by atomic mass is 10.1. The first-order valence-electron chi connectivity index (χ1n) is 7.69. The second-order valence-corrected chi connectivity index (χ2v) is 5.47. The van der Waals surface area contributed by atoms with Gasteiger partial charge in [0.15, 0.2) is 5.75 Å². The maximum atomic E-state index is 11.3. The van der Waals surface area contributed by atoms with E-state index in [2.05, 4.69) is 12.1 Å². The largest absolute Gasteiger partial charge is 0.493 e. The topological polar surface area (TPSA) is 61.6 Å². The van der Waals surface area contributed by atoms with E-state index in [0.29, 0.717) is 11.3 Å². The lowest BCUT2D eigenvalue weighted by Gasteiger charge is -2.08. The second kappa shape index (κ2) is 7.05. The van der Waals surface area contributed by atoms with Crippen LogP contribution in [0.25, 0.3) is 22.9 Å². The molecule has 0 aliphatic heterocycles. The van der Waals surface area contributed by atoms with Crippen LogP contribution in [0.1, 0.15) is 11.1 Å². The number of nitrogens with zero attached hydrogens (tertiary/aromatic N) is 1. The van der Waals surface area contributed by atoms with Gasteiger partial charge >= 0.3 is 5.69 Å². The second-order valence-electron chi connectivity index (χ2n) is 5.47. The van der Waals surface area contributed by atoms with Crippen LogP contribution >= 0.6 is 0 Å². The van der Waals surface area contributed by atoms with Gasteiger partial charge in [0.05, 0.1) is 19.1 Å². The highest BCUT2D eigenvalue weighted by atomic mass is 16.6. The van der Waals surface area contributed by atoms with Crippen LogP contribution in [0.4, 0.5) is 5.69 Å². The molecule has 0 aliphatic carbocycles. The van der Waals surface area contributed by atoms with Crippen molar-refractivity contribution in [2.24, 2.45) is 0 Å². The Kier molecular flexibility index (Phi) is 4.66. The third kappa shape index (κ3) is 3.45. The maximum Gasteiger partial charge on any atom is 0.315 e. The first-order chi connectivity index (χ1) is 12.1. The fourth-order valence-electron chi connectivity index (χ4n) is 2.70. The van der Waals surface area contributed by atoms with Crippen LogP contribution in [0.15, 0.2) is 54.6 Å². The third-order valence-corrected chi connectivity index (χ3v) is 3.92. The van der Waals surface area contributed by atoms with Crippen LogP contribution in [0.2, 0.25) is 0 Å². The van der Waals surface area contributed by atoms with E-state index in [4.69, 9.17) is 9.47 Å². The van der Waals surface area contributed by atoms with Crippen molar-refractivity contribution in [2.45, 2.75) is 0 Å². The van der Waals surface area contributed by atoms with Crippen molar-refractivity contribution >= 4 is 28.6 Å². The Balaban J connectivity index is 1.99. The smallest absolute Gasteiger partial charge is 0.315 e. The van der Waals surface area contributed by atoms with E-state index in [1.54, 1.807) is 6.07 Å². The zero-order valence-corrected chi connectivity index (χ0v) is 13.9. The van der Waals surface area contributed by atoms with E-state index in [9.17, 15) is 10.1 Å². The lowest BCUT2D eigenvalue weighted by Crippen LogP contribution is -1.97. The van der Waals surface area contributed by atoms with E-state index < -0.39 is 4.92 Å². The van der Waals surface area contributed by atoms with E-state index in [-0.39, 0.29) is 11.4 Å². The predicted molar refractivity (Wildman–Crippen MR) is 99.1 cm³/mol. The molecule has 0 unspecified atom stereocenters. The Hall–Kier alpha value is -3.34. The van der Waals surface area contributed by atoms with Gasteiger partial charge in [0.1, 0.15) is 0 Å². The average Bonchev–Trinajstić information content (AvgIpc) is 2.65. The molecule has 0 saturated heterocycles. The van der Waals surface area contributed by atoms with Gasteiger partial charge in [-0.05, 0) is 34.0 Å². The van der Waals surface area contributed by atoms with E-state index in [1.165, 1.54) is 25.7 Å². The van der Waals surface area contributed by atoms with Crippen LogP contribution in [-0.2, 0) is 0 Å². The van der Waals surface area contributed by atoms with Gasteiger partial charge in [0, 0.05) is 6.07 Å². The predicted octanol–water partition coefficient (Wildman–Crippen LogP) is 4.94. The summed E-state index contributed by atoms with van der Waals surface area (Å²) in [5.74, 6) is 0.449. The molecule has 0 atom stereocenters. The molecule has 0 fully saturated rings. The first kappa shape index (κ1) is 16.5. The summed E-state index contributed by atoms with van der Waals surface area (Å²) >= 11 is 0. The zero-order valence-electron chi connectivity index (χ0n) is 13.9. The number of rotatable bonds is 5. The van der Waals surface area contributed by atoms with E-state index >= 15 is 0 Å². The van der Waals surface area contributed by atoms with Crippen LogP contribution in [0.5, 0.6) is 11.5 Å². The molecule has 0 aliphatic rings. The summed E-state index contributed by atoms with van der Waals surface area (Å²) < 4.78 is 10.3. The molecule has 5 nitrogen and oxygen atoms in total. The summed E-state index contributed by atoms with van der Waals surface area (Å²) in [5, 5.41) is 13.6. The number of methoxy groups -OCH3 is 2. The number of benzene rings is 3. The number of hydrogen-bond acceptors (Lipinski definition) is 4.